The maximum Gasteiger partial charge on any atom is 0.416 e. The predicted octanol–water partition coefficient (Wildman–Crippen LogP) is 3.73. The zero-order valence-corrected chi connectivity index (χ0v) is 14.0. The Morgan fingerprint density at radius 3 is 2.33 bits per heavy atom. The first-order valence-corrected chi connectivity index (χ1v) is 7.36. The highest BCUT2D eigenvalue weighted by molar-refractivity contribution is 6.45. The second kappa shape index (κ2) is 8.09. The summed E-state index contributed by atoms with van der Waals surface area (Å²) in [6.45, 7) is 0. The van der Waals surface area contributed by atoms with E-state index in [0.29, 0.717) is 11.5 Å². The van der Waals surface area contributed by atoms with E-state index < -0.39 is 23.3 Å². The van der Waals surface area contributed by atoms with Crippen LogP contribution in [-0.2, 0) is 6.18 Å². The Balaban J connectivity index is 2.39. The number of nitrogens with zero attached hydrogens (tertiary/aromatic N) is 2. The van der Waals surface area contributed by atoms with Crippen LogP contribution in [0.4, 0.5) is 18.9 Å². The van der Waals surface area contributed by atoms with Crippen molar-refractivity contribution in [1.82, 2.24) is 0 Å². The minimum atomic E-state index is -4.59. The maximum atomic E-state index is 13.0. The lowest BCUT2D eigenvalue weighted by Crippen LogP contribution is -2.22. The molecule has 0 saturated heterocycles. The number of methoxy groups -OCH3 is 1. The van der Waals surface area contributed by atoms with Gasteiger partial charge >= 0.3 is 6.18 Å². The van der Waals surface area contributed by atoms with Crippen molar-refractivity contribution in [3.05, 3.63) is 48.0 Å². The quantitative estimate of drug-likeness (QED) is 0.403. The van der Waals surface area contributed by atoms with E-state index in [1.807, 2.05) is 0 Å². The molecular weight excluding hydrogens is 363 g/mol. The third-order valence-corrected chi connectivity index (χ3v) is 3.24. The lowest BCUT2D eigenvalue weighted by molar-refractivity contribution is -0.137. The summed E-state index contributed by atoms with van der Waals surface area (Å²) in [6, 6.07) is 10.7. The van der Waals surface area contributed by atoms with Gasteiger partial charge in [-0.25, -0.2) is 0 Å². The molecule has 2 rings (SSSR count). The molecule has 0 aromatic heterocycles. The van der Waals surface area contributed by atoms with Crippen LogP contribution in [0.1, 0.15) is 5.56 Å². The van der Waals surface area contributed by atoms with E-state index in [9.17, 15) is 13.2 Å². The SMILES string of the molecule is COc1ccc(Oc2ccc(C(F)(F)F)cc2N/N=C(\C#N)C(=N)N)cc1. The van der Waals surface area contributed by atoms with Crippen molar-refractivity contribution in [2.75, 3.05) is 12.5 Å². The van der Waals surface area contributed by atoms with Gasteiger partial charge in [0.05, 0.1) is 18.4 Å². The fourth-order valence-electron chi connectivity index (χ4n) is 1.91. The van der Waals surface area contributed by atoms with Gasteiger partial charge in [-0.2, -0.15) is 23.5 Å². The molecule has 0 fully saturated rings. The average molecular weight is 377 g/mol. The zero-order valence-electron chi connectivity index (χ0n) is 14.0. The molecule has 0 bridgehead atoms. The molecule has 7 nitrogen and oxygen atoms in total. The number of nitrogens with two attached hydrogens (primary N) is 1. The number of nitrogens with one attached hydrogen (secondary N) is 2. The number of hydrogen-bond acceptors (Lipinski definition) is 6. The predicted molar refractivity (Wildman–Crippen MR) is 93.1 cm³/mol. The molecule has 27 heavy (non-hydrogen) atoms. The van der Waals surface area contributed by atoms with Crippen LogP contribution in [0, 0.1) is 16.7 Å². The van der Waals surface area contributed by atoms with Crippen molar-refractivity contribution in [1.29, 1.82) is 10.7 Å². The summed E-state index contributed by atoms with van der Waals surface area (Å²) in [5.74, 6) is 0.319. The Hall–Kier alpha value is -3.74. The molecule has 140 valence electrons. The number of ether oxygens (including phenoxy) is 2. The van der Waals surface area contributed by atoms with Crippen LogP contribution in [0.25, 0.3) is 0 Å². The van der Waals surface area contributed by atoms with E-state index in [-0.39, 0.29) is 11.4 Å². The topological polar surface area (TPSA) is 117 Å². The summed E-state index contributed by atoms with van der Waals surface area (Å²) in [6.07, 6.45) is -4.59. The van der Waals surface area contributed by atoms with Gasteiger partial charge in [-0.3, -0.25) is 10.8 Å². The summed E-state index contributed by atoms with van der Waals surface area (Å²) in [7, 11) is 1.49. The van der Waals surface area contributed by atoms with Crippen LogP contribution in [0.5, 0.6) is 17.2 Å². The summed E-state index contributed by atoms with van der Waals surface area (Å²) < 4.78 is 49.5. The highest BCUT2D eigenvalue weighted by Gasteiger charge is 2.31. The highest BCUT2D eigenvalue weighted by atomic mass is 19.4. The fraction of sp³-hybridized carbons (Fsp3) is 0.118. The van der Waals surface area contributed by atoms with E-state index in [1.165, 1.54) is 7.11 Å². The van der Waals surface area contributed by atoms with Crippen molar-refractivity contribution in [3.63, 3.8) is 0 Å². The van der Waals surface area contributed by atoms with Crippen molar-refractivity contribution >= 4 is 17.2 Å². The van der Waals surface area contributed by atoms with Crippen molar-refractivity contribution in [2.45, 2.75) is 6.18 Å². The maximum absolute atomic E-state index is 13.0. The summed E-state index contributed by atoms with van der Waals surface area (Å²) >= 11 is 0. The first-order valence-electron chi connectivity index (χ1n) is 7.36. The molecule has 0 aliphatic heterocycles. The van der Waals surface area contributed by atoms with E-state index in [2.05, 4.69) is 10.5 Å². The van der Waals surface area contributed by atoms with Crippen LogP contribution in [0.3, 0.4) is 0 Å². The van der Waals surface area contributed by atoms with E-state index in [4.69, 9.17) is 25.9 Å². The molecule has 0 amide bonds. The van der Waals surface area contributed by atoms with Gasteiger partial charge in [-0.15, -0.1) is 0 Å². The van der Waals surface area contributed by atoms with Gasteiger partial charge in [0.25, 0.3) is 0 Å². The van der Waals surface area contributed by atoms with Gasteiger partial charge < -0.3 is 15.2 Å². The average Bonchev–Trinajstić information content (AvgIpc) is 2.62. The van der Waals surface area contributed by atoms with Crippen LogP contribution >= 0.6 is 0 Å². The number of benzene rings is 2. The van der Waals surface area contributed by atoms with Gasteiger partial charge in [-0.1, -0.05) is 0 Å². The summed E-state index contributed by atoms with van der Waals surface area (Å²) in [5, 5.41) is 19.6. The van der Waals surface area contributed by atoms with E-state index in [1.54, 1.807) is 30.3 Å². The third-order valence-electron chi connectivity index (χ3n) is 3.24. The molecule has 2 aromatic carbocycles. The number of rotatable bonds is 6. The van der Waals surface area contributed by atoms with Crippen LogP contribution in [0.15, 0.2) is 47.6 Å². The largest absolute Gasteiger partial charge is 0.497 e. The minimum absolute atomic E-state index is 0.0257. The third kappa shape index (κ3) is 5.12. The van der Waals surface area contributed by atoms with Gasteiger partial charge in [0.15, 0.2) is 11.6 Å². The monoisotopic (exact) mass is 377 g/mol. The zero-order chi connectivity index (χ0) is 20.0. The molecule has 0 aliphatic rings. The number of anilines is 1. The van der Waals surface area contributed by atoms with Crippen molar-refractivity contribution in [2.24, 2.45) is 10.8 Å². The summed E-state index contributed by atoms with van der Waals surface area (Å²) in [4.78, 5) is 0. The molecule has 2 aromatic rings. The number of hydrazone groups is 1. The van der Waals surface area contributed by atoms with Gasteiger partial charge in [0.2, 0.25) is 5.71 Å². The Morgan fingerprint density at radius 1 is 1.19 bits per heavy atom. The Bertz CT molecular complexity index is 902. The molecule has 0 spiro atoms. The Morgan fingerprint density at radius 2 is 1.81 bits per heavy atom. The van der Waals surface area contributed by atoms with Gasteiger partial charge in [0, 0.05) is 0 Å². The molecule has 4 N–H and O–H groups in total. The number of alkyl halides is 3. The normalized spacial score (nSPS) is 11.4. The second-order valence-electron chi connectivity index (χ2n) is 5.08. The molecular formula is C17H14F3N5O2. The highest BCUT2D eigenvalue weighted by Crippen LogP contribution is 2.37. The lowest BCUT2D eigenvalue weighted by atomic mass is 10.2. The fourth-order valence-corrected chi connectivity index (χ4v) is 1.91. The molecule has 0 atom stereocenters. The second-order valence-corrected chi connectivity index (χ2v) is 5.08. The first-order chi connectivity index (χ1) is 12.7. The molecule has 0 heterocycles. The number of amidine groups is 1. The molecule has 0 unspecified atom stereocenters. The molecule has 0 saturated carbocycles. The van der Waals surface area contributed by atoms with Crippen molar-refractivity contribution in [3.8, 4) is 23.3 Å². The van der Waals surface area contributed by atoms with Gasteiger partial charge in [0.1, 0.15) is 17.6 Å². The molecule has 0 aliphatic carbocycles. The molecule has 10 heteroatoms. The van der Waals surface area contributed by atoms with E-state index >= 15 is 0 Å². The van der Waals surface area contributed by atoms with E-state index in [0.717, 1.165) is 18.2 Å². The van der Waals surface area contributed by atoms with Crippen LogP contribution in [0.2, 0.25) is 0 Å². The van der Waals surface area contributed by atoms with Crippen LogP contribution < -0.4 is 20.6 Å². The number of nitriles is 1. The molecule has 0 radical (unpaired) electrons. The number of halogens is 3. The van der Waals surface area contributed by atoms with Gasteiger partial charge in [-0.05, 0) is 42.5 Å². The first kappa shape index (κ1) is 19.6. The number of hydrogen-bond donors (Lipinski definition) is 3. The Kier molecular flexibility index (Phi) is 5.87. The minimum Gasteiger partial charge on any atom is -0.497 e. The lowest BCUT2D eigenvalue weighted by Gasteiger charge is -2.14. The standard InChI is InChI=1S/C17H14F3N5O2/c1-26-11-3-5-12(6-4-11)27-15-7-2-10(17(18,19)20)8-13(15)24-25-14(9-21)16(22)23/h2-8,24H,1H3,(H3,22,23)/b25-14+. The van der Waals surface area contributed by atoms with Crippen molar-refractivity contribution < 1.29 is 22.6 Å². The smallest absolute Gasteiger partial charge is 0.416 e. The Labute approximate surface area is 152 Å². The summed E-state index contributed by atoms with van der Waals surface area (Å²) in [5.41, 5.74) is 5.88. The van der Waals surface area contributed by atoms with Crippen LogP contribution in [-0.4, -0.2) is 18.7 Å².